The first-order valence-corrected chi connectivity index (χ1v) is 9.78. The van der Waals surface area contributed by atoms with Crippen LogP contribution in [0.15, 0.2) is 24.3 Å². The summed E-state index contributed by atoms with van der Waals surface area (Å²) >= 11 is 0. The highest BCUT2D eigenvalue weighted by molar-refractivity contribution is 5.97. The largest absolute Gasteiger partial charge is 0.346 e. The van der Waals surface area contributed by atoms with Crippen LogP contribution in [0.25, 0.3) is 0 Å². The van der Waals surface area contributed by atoms with E-state index >= 15 is 0 Å². The van der Waals surface area contributed by atoms with Crippen LogP contribution in [0.3, 0.4) is 0 Å². The number of nitrogens with two attached hydrogens (primary N) is 1. The van der Waals surface area contributed by atoms with E-state index in [1.165, 1.54) is 0 Å². The van der Waals surface area contributed by atoms with Gasteiger partial charge in [0.25, 0.3) is 5.91 Å². The number of anilines is 1. The number of nitrogens with zero attached hydrogens (tertiary/aromatic N) is 2. The number of amides is 3. The van der Waals surface area contributed by atoms with E-state index in [-0.39, 0.29) is 35.7 Å². The molecule has 0 radical (unpaired) electrons. The summed E-state index contributed by atoms with van der Waals surface area (Å²) in [6.07, 6.45) is 4.46. The number of likely N-dealkylation sites (tertiary alicyclic amines) is 1. The van der Waals surface area contributed by atoms with Crippen LogP contribution in [0.1, 0.15) is 42.5 Å². The zero-order valence-corrected chi connectivity index (χ0v) is 15.4. The SMILES string of the molecule is NC1CN(C(=O)C2CC2)CC1NC(=O)c1ccc(N2CCCCC2=O)cc1. The van der Waals surface area contributed by atoms with E-state index in [2.05, 4.69) is 5.32 Å². The smallest absolute Gasteiger partial charge is 0.251 e. The van der Waals surface area contributed by atoms with Crippen molar-refractivity contribution in [3.8, 4) is 0 Å². The van der Waals surface area contributed by atoms with Gasteiger partial charge in [0.05, 0.1) is 6.04 Å². The second kappa shape index (κ2) is 7.31. The summed E-state index contributed by atoms with van der Waals surface area (Å²) in [5.74, 6) is 0.262. The summed E-state index contributed by atoms with van der Waals surface area (Å²) < 4.78 is 0. The number of benzene rings is 1. The molecule has 2 aliphatic heterocycles. The van der Waals surface area contributed by atoms with Gasteiger partial charge in [0, 0.05) is 49.3 Å². The molecule has 7 nitrogen and oxygen atoms in total. The van der Waals surface area contributed by atoms with Gasteiger partial charge in [-0.1, -0.05) is 0 Å². The number of hydrogen-bond donors (Lipinski definition) is 2. The third kappa shape index (κ3) is 3.83. The standard InChI is InChI=1S/C20H26N4O3/c21-16-11-23(20(27)14-4-5-14)12-17(16)22-19(26)13-6-8-15(9-7-13)24-10-2-1-3-18(24)25/h6-9,14,16-17H,1-5,10-12,21H2,(H,22,26). The molecular formula is C20H26N4O3. The highest BCUT2D eigenvalue weighted by Gasteiger charge is 2.40. The molecular weight excluding hydrogens is 344 g/mol. The highest BCUT2D eigenvalue weighted by Crippen LogP contribution is 2.32. The van der Waals surface area contributed by atoms with Crippen LogP contribution in [0.4, 0.5) is 5.69 Å². The molecule has 2 atom stereocenters. The topological polar surface area (TPSA) is 95.7 Å². The van der Waals surface area contributed by atoms with Crippen LogP contribution in [0.2, 0.25) is 0 Å². The van der Waals surface area contributed by atoms with Gasteiger partial charge in [0.1, 0.15) is 0 Å². The Morgan fingerprint density at radius 1 is 1.07 bits per heavy atom. The fourth-order valence-electron chi connectivity index (χ4n) is 3.87. The molecule has 2 unspecified atom stereocenters. The first-order valence-electron chi connectivity index (χ1n) is 9.78. The van der Waals surface area contributed by atoms with E-state index in [0.29, 0.717) is 25.1 Å². The van der Waals surface area contributed by atoms with Crippen LogP contribution in [0.5, 0.6) is 0 Å². The van der Waals surface area contributed by atoms with Crippen LogP contribution in [-0.4, -0.2) is 54.3 Å². The van der Waals surface area contributed by atoms with Crippen LogP contribution >= 0.6 is 0 Å². The Hall–Kier alpha value is -2.41. The normalized spacial score (nSPS) is 25.6. The van der Waals surface area contributed by atoms with Gasteiger partial charge in [-0.25, -0.2) is 0 Å². The van der Waals surface area contributed by atoms with Crippen molar-refractivity contribution in [2.75, 3.05) is 24.5 Å². The quantitative estimate of drug-likeness (QED) is 0.822. The molecule has 4 rings (SSSR count). The van der Waals surface area contributed by atoms with Gasteiger partial charge in [-0.15, -0.1) is 0 Å². The molecule has 1 aliphatic carbocycles. The molecule has 1 aromatic carbocycles. The molecule has 1 saturated carbocycles. The molecule has 3 amide bonds. The molecule has 2 saturated heterocycles. The van der Waals surface area contributed by atoms with Crippen molar-refractivity contribution in [3.63, 3.8) is 0 Å². The van der Waals surface area contributed by atoms with Crippen molar-refractivity contribution in [1.29, 1.82) is 0 Å². The number of carbonyl (C=O) groups is 3. The van der Waals surface area contributed by atoms with Gasteiger partial charge in [0.2, 0.25) is 11.8 Å². The van der Waals surface area contributed by atoms with Crippen molar-refractivity contribution in [3.05, 3.63) is 29.8 Å². The van der Waals surface area contributed by atoms with E-state index in [0.717, 1.165) is 37.9 Å². The summed E-state index contributed by atoms with van der Waals surface area (Å²) in [6.45, 7) is 1.70. The highest BCUT2D eigenvalue weighted by atomic mass is 16.2. The van der Waals surface area contributed by atoms with Gasteiger partial charge in [-0.2, -0.15) is 0 Å². The van der Waals surface area contributed by atoms with E-state index in [1.807, 2.05) is 12.1 Å². The Kier molecular flexibility index (Phi) is 4.86. The van der Waals surface area contributed by atoms with E-state index in [9.17, 15) is 14.4 Å². The lowest BCUT2D eigenvalue weighted by Crippen LogP contribution is -2.46. The minimum atomic E-state index is -0.248. The summed E-state index contributed by atoms with van der Waals surface area (Å²) in [7, 11) is 0. The maximum atomic E-state index is 12.6. The lowest BCUT2D eigenvalue weighted by atomic mass is 10.1. The average Bonchev–Trinajstić information content (AvgIpc) is 3.46. The summed E-state index contributed by atoms with van der Waals surface area (Å²) in [5.41, 5.74) is 7.50. The summed E-state index contributed by atoms with van der Waals surface area (Å²) in [4.78, 5) is 40.3. The Morgan fingerprint density at radius 3 is 2.48 bits per heavy atom. The maximum Gasteiger partial charge on any atom is 0.251 e. The first kappa shape index (κ1) is 18.0. The molecule has 0 bridgehead atoms. The second-order valence-corrected chi connectivity index (χ2v) is 7.81. The van der Waals surface area contributed by atoms with Gasteiger partial charge < -0.3 is 20.9 Å². The Balaban J connectivity index is 1.36. The predicted octanol–water partition coefficient (Wildman–Crippen LogP) is 0.881. The minimum absolute atomic E-state index is 0.135. The molecule has 3 N–H and O–H groups in total. The van der Waals surface area contributed by atoms with Gasteiger partial charge in [-0.3, -0.25) is 14.4 Å². The molecule has 3 fully saturated rings. The molecule has 0 aromatic heterocycles. The van der Waals surface area contributed by atoms with Gasteiger partial charge in [-0.05, 0) is 49.9 Å². The number of rotatable bonds is 4. The Morgan fingerprint density at radius 2 is 1.81 bits per heavy atom. The lowest BCUT2D eigenvalue weighted by molar-refractivity contribution is -0.131. The van der Waals surface area contributed by atoms with E-state index in [4.69, 9.17) is 5.73 Å². The lowest BCUT2D eigenvalue weighted by Gasteiger charge is -2.26. The third-order valence-electron chi connectivity index (χ3n) is 5.68. The first-order chi connectivity index (χ1) is 13.0. The zero-order valence-electron chi connectivity index (χ0n) is 15.4. The Labute approximate surface area is 158 Å². The molecule has 0 spiro atoms. The number of hydrogen-bond acceptors (Lipinski definition) is 4. The molecule has 144 valence electrons. The maximum absolute atomic E-state index is 12.6. The third-order valence-corrected chi connectivity index (χ3v) is 5.68. The predicted molar refractivity (Wildman–Crippen MR) is 101 cm³/mol. The molecule has 2 heterocycles. The van der Waals surface area contributed by atoms with E-state index < -0.39 is 0 Å². The number of carbonyl (C=O) groups excluding carboxylic acids is 3. The fraction of sp³-hybridized carbons (Fsp3) is 0.550. The van der Waals surface area contributed by atoms with Crippen molar-refractivity contribution >= 4 is 23.4 Å². The van der Waals surface area contributed by atoms with Crippen molar-refractivity contribution in [2.24, 2.45) is 11.7 Å². The van der Waals surface area contributed by atoms with Crippen LogP contribution < -0.4 is 16.0 Å². The molecule has 1 aromatic rings. The Bertz CT molecular complexity index is 744. The number of piperidine rings is 1. The van der Waals surface area contributed by atoms with Crippen molar-refractivity contribution in [2.45, 2.75) is 44.2 Å². The number of nitrogens with one attached hydrogen (secondary N) is 1. The second-order valence-electron chi connectivity index (χ2n) is 7.81. The van der Waals surface area contributed by atoms with E-state index in [1.54, 1.807) is 21.9 Å². The summed E-state index contributed by atoms with van der Waals surface area (Å²) in [5, 5.41) is 2.96. The summed E-state index contributed by atoms with van der Waals surface area (Å²) in [6, 6.07) is 6.62. The van der Waals surface area contributed by atoms with Crippen LogP contribution in [0, 0.1) is 5.92 Å². The molecule has 3 aliphatic rings. The van der Waals surface area contributed by atoms with Gasteiger partial charge in [0.15, 0.2) is 0 Å². The average molecular weight is 370 g/mol. The minimum Gasteiger partial charge on any atom is -0.346 e. The van der Waals surface area contributed by atoms with Crippen molar-refractivity contribution < 1.29 is 14.4 Å². The van der Waals surface area contributed by atoms with Crippen LogP contribution in [-0.2, 0) is 9.59 Å². The van der Waals surface area contributed by atoms with Gasteiger partial charge >= 0.3 is 0 Å². The molecule has 27 heavy (non-hydrogen) atoms. The molecule has 7 heteroatoms. The monoisotopic (exact) mass is 370 g/mol. The zero-order chi connectivity index (χ0) is 19.0. The van der Waals surface area contributed by atoms with Crippen molar-refractivity contribution in [1.82, 2.24) is 10.2 Å². The fourth-order valence-corrected chi connectivity index (χ4v) is 3.87.